The smallest absolute Gasteiger partial charge is 0.258 e. The van der Waals surface area contributed by atoms with Crippen molar-refractivity contribution in [2.24, 2.45) is 0 Å². The van der Waals surface area contributed by atoms with E-state index in [1.54, 1.807) is 11.3 Å². The summed E-state index contributed by atoms with van der Waals surface area (Å²) in [6, 6.07) is 2.00. The molecule has 1 amide bonds. The monoisotopic (exact) mass is 276 g/mol. The van der Waals surface area contributed by atoms with Gasteiger partial charge in [0, 0.05) is 41.8 Å². The van der Waals surface area contributed by atoms with Gasteiger partial charge < -0.3 is 9.80 Å². The number of hydrogen-bond acceptors (Lipinski definition) is 3. The van der Waals surface area contributed by atoms with E-state index >= 15 is 0 Å². The highest BCUT2D eigenvalue weighted by molar-refractivity contribution is 7.10. The lowest BCUT2D eigenvalue weighted by atomic mass is 10.2. The van der Waals surface area contributed by atoms with Crippen LogP contribution in [0.15, 0.2) is 23.3 Å². The summed E-state index contributed by atoms with van der Waals surface area (Å²) in [6.07, 6.45) is 6.90. The molecule has 3 rings (SSSR count). The van der Waals surface area contributed by atoms with Crippen LogP contribution in [0.3, 0.4) is 0 Å². The molecular weight excluding hydrogens is 256 g/mol. The lowest BCUT2D eigenvalue weighted by Gasteiger charge is -2.20. The topological polar surface area (TPSA) is 23.6 Å². The zero-order chi connectivity index (χ0) is 13.2. The molecular formula is C15H20N2OS. The minimum Gasteiger partial charge on any atom is -0.376 e. The third kappa shape index (κ3) is 2.68. The molecule has 3 heterocycles. The molecule has 0 aliphatic carbocycles. The predicted octanol–water partition coefficient (Wildman–Crippen LogP) is 3.23. The minimum atomic E-state index is 0.173. The Bertz CT molecular complexity index is 500. The van der Waals surface area contributed by atoms with E-state index in [1.807, 2.05) is 23.3 Å². The summed E-state index contributed by atoms with van der Waals surface area (Å²) in [6.45, 7) is 5.20. The summed E-state index contributed by atoms with van der Waals surface area (Å²) in [7, 11) is 0. The number of aryl methyl sites for hydroxylation is 1. The summed E-state index contributed by atoms with van der Waals surface area (Å²) < 4.78 is 0. The fourth-order valence-corrected chi connectivity index (χ4v) is 3.53. The van der Waals surface area contributed by atoms with Crippen molar-refractivity contribution >= 4 is 17.2 Å². The second-order valence-electron chi connectivity index (χ2n) is 5.37. The molecule has 2 fully saturated rings. The molecule has 0 bridgehead atoms. The fraction of sp³-hybridized carbons (Fsp3) is 0.533. The van der Waals surface area contributed by atoms with Crippen LogP contribution in [0, 0.1) is 6.92 Å². The van der Waals surface area contributed by atoms with Crippen LogP contribution in [0.25, 0.3) is 0 Å². The first-order chi connectivity index (χ1) is 9.24. The highest BCUT2D eigenvalue weighted by Crippen LogP contribution is 2.26. The Morgan fingerprint density at radius 2 is 2.05 bits per heavy atom. The van der Waals surface area contributed by atoms with Gasteiger partial charge in [0.05, 0.1) is 5.56 Å². The van der Waals surface area contributed by atoms with E-state index in [-0.39, 0.29) is 5.91 Å². The number of allylic oxidation sites excluding steroid dienone is 1. The summed E-state index contributed by atoms with van der Waals surface area (Å²) in [5, 5.41) is 1.98. The summed E-state index contributed by atoms with van der Waals surface area (Å²) in [4.78, 5) is 18.1. The zero-order valence-corrected chi connectivity index (χ0v) is 12.2. The Labute approximate surface area is 118 Å². The van der Waals surface area contributed by atoms with E-state index in [1.165, 1.54) is 23.4 Å². The fourth-order valence-electron chi connectivity index (χ4n) is 2.86. The number of amides is 1. The van der Waals surface area contributed by atoms with E-state index in [0.29, 0.717) is 0 Å². The van der Waals surface area contributed by atoms with E-state index in [0.717, 1.165) is 38.0 Å². The number of thiophene rings is 1. The summed E-state index contributed by atoms with van der Waals surface area (Å²) >= 11 is 1.65. The second kappa shape index (κ2) is 5.37. The first-order valence-corrected chi connectivity index (χ1v) is 7.94. The van der Waals surface area contributed by atoms with Gasteiger partial charge in [-0.05, 0) is 38.7 Å². The van der Waals surface area contributed by atoms with Gasteiger partial charge >= 0.3 is 0 Å². The van der Waals surface area contributed by atoms with Crippen LogP contribution in [0.2, 0.25) is 0 Å². The summed E-state index contributed by atoms with van der Waals surface area (Å²) in [5.41, 5.74) is 2.05. The first-order valence-electron chi connectivity index (χ1n) is 7.06. The van der Waals surface area contributed by atoms with Gasteiger partial charge in [0.15, 0.2) is 0 Å². The first kappa shape index (κ1) is 12.7. The maximum atomic E-state index is 12.5. The Kier molecular flexibility index (Phi) is 3.60. The van der Waals surface area contributed by atoms with Crippen LogP contribution in [0.1, 0.15) is 40.9 Å². The molecule has 1 aromatic rings. The number of likely N-dealkylation sites (tertiary alicyclic amines) is 2. The quantitative estimate of drug-likeness (QED) is 0.828. The molecule has 0 radical (unpaired) electrons. The molecule has 2 aliphatic heterocycles. The van der Waals surface area contributed by atoms with Crippen molar-refractivity contribution in [2.75, 3.05) is 19.6 Å². The zero-order valence-electron chi connectivity index (χ0n) is 11.4. The molecule has 19 heavy (non-hydrogen) atoms. The average molecular weight is 276 g/mol. The second-order valence-corrected chi connectivity index (χ2v) is 6.49. The molecule has 0 N–H and O–H groups in total. The maximum Gasteiger partial charge on any atom is 0.258 e. The van der Waals surface area contributed by atoms with Crippen molar-refractivity contribution in [3.05, 3.63) is 33.8 Å². The molecule has 2 aliphatic rings. The van der Waals surface area contributed by atoms with Crippen LogP contribution in [-0.4, -0.2) is 35.3 Å². The highest BCUT2D eigenvalue weighted by Gasteiger charge is 2.25. The van der Waals surface area contributed by atoms with Gasteiger partial charge in [-0.2, -0.15) is 0 Å². The van der Waals surface area contributed by atoms with Gasteiger partial charge in [-0.25, -0.2) is 0 Å². The molecule has 4 heteroatoms. The number of carbonyl (C=O) groups is 1. The van der Waals surface area contributed by atoms with Gasteiger partial charge in [-0.15, -0.1) is 11.3 Å². The van der Waals surface area contributed by atoms with Crippen molar-refractivity contribution in [2.45, 2.75) is 32.6 Å². The number of nitrogens with zero attached hydrogens (tertiary/aromatic N) is 2. The average Bonchev–Trinajstić information content (AvgIpc) is 3.10. The Balaban J connectivity index is 1.77. The Hall–Kier alpha value is -1.29. The molecule has 0 saturated carbocycles. The molecule has 0 aromatic carbocycles. The van der Waals surface area contributed by atoms with Crippen LogP contribution in [-0.2, 0) is 0 Å². The summed E-state index contributed by atoms with van der Waals surface area (Å²) in [5.74, 6) is 0.173. The van der Waals surface area contributed by atoms with Gasteiger partial charge in [0.25, 0.3) is 5.91 Å². The van der Waals surface area contributed by atoms with Crippen molar-refractivity contribution in [1.82, 2.24) is 9.80 Å². The van der Waals surface area contributed by atoms with E-state index in [4.69, 9.17) is 0 Å². The maximum absolute atomic E-state index is 12.5. The molecule has 1 aromatic heterocycles. The normalized spacial score (nSPS) is 21.6. The van der Waals surface area contributed by atoms with E-state index < -0.39 is 0 Å². The van der Waals surface area contributed by atoms with Gasteiger partial charge in [0.2, 0.25) is 0 Å². The van der Waals surface area contributed by atoms with E-state index in [9.17, 15) is 4.79 Å². The Morgan fingerprint density at radius 1 is 1.26 bits per heavy atom. The van der Waals surface area contributed by atoms with Crippen LogP contribution in [0.5, 0.6) is 0 Å². The minimum absolute atomic E-state index is 0.173. The van der Waals surface area contributed by atoms with Crippen molar-refractivity contribution in [1.29, 1.82) is 0 Å². The predicted molar refractivity (Wildman–Crippen MR) is 78.2 cm³/mol. The van der Waals surface area contributed by atoms with Gasteiger partial charge in [-0.1, -0.05) is 0 Å². The van der Waals surface area contributed by atoms with Crippen LogP contribution in [0.4, 0.5) is 0 Å². The Morgan fingerprint density at radius 3 is 2.74 bits per heavy atom. The molecule has 0 unspecified atom stereocenters. The molecule has 3 nitrogen and oxygen atoms in total. The van der Waals surface area contributed by atoms with Crippen LogP contribution >= 0.6 is 11.3 Å². The SMILES string of the molecule is Cc1cc(C(=O)N2CCC/C2=C\N2CCCC2)cs1. The van der Waals surface area contributed by atoms with E-state index in [2.05, 4.69) is 11.1 Å². The molecule has 0 atom stereocenters. The lowest BCUT2D eigenvalue weighted by molar-refractivity contribution is 0.0824. The molecule has 102 valence electrons. The highest BCUT2D eigenvalue weighted by atomic mass is 32.1. The third-order valence-corrected chi connectivity index (χ3v) is 4.72. The molecule has 0 spiro atoms. The standard InChI is InChI=1S/C15H20N2OS/c1-12-9-13(11-19-12)15(18)17-8-4-5-14(17)10-16-6-2-3-7-16/h9-11H,2-8H2,1H3/b14-10+. The number of rotatable bonds is 2. The van der Waals surface area contributed by atoms with Gasteiger partial charge in [-0.3, -0.25) is 4.79 Å². The lowest BCUT2D eigenvalue weighted by Crippen LogP contribution is -2.27. The number of carbonyl (C=O) groups excluding carboxylic acids is 1. The van der Waals surface area contributed by atoms with Crippen molar-refractivity contribution in [3.63, 3.8) is 0 Å². The molecule has 2 saturated heterocycles. The van der Waals surface area contributed by atoms with Gasteiger partial charge in [0.1, 0.15) is 0 Å². The number of hydrogen-bond donors (Lipinski definition) is 0. The van der Waals surface area contributed by atoms with Crippen molar-refractivity contribution in [3.8, 4) is 0 Å². The third-order valence-electron chi connectivity index (χ3n) is 3.86. The van der Waals surface area contributed by atoms with Crippen molar-refractivity contribution < 1.29 is 4.79 Å². The largest absolute Gasteiger partial charge is 0.376 e. The van der Waals surface area contributed by atoms with Crippen LogP contribution < -0.4 is 0 Å².